The van der Waals surface area contributed by atoms with Gasteiger partial charge in [-0.05, 0) is 33.8 Å². The molecule has 80 valence electrons. The van der Waals surface area contributed by atoms with Gasteiger partial charge in [0.1, 0.15) is 17.0 Å². The summed E-state index contributed by atoms with van der Waals surface area (Å²) >= 11 is 3.35. The highest BCUT2D eigenvalue weighted by Crippen LogP contribution is 2.24. The first-order chi connectivity index (χ1) is 7.93. The normalized spacial score (nSPS) is 10.8. The second-order valence-electron chi connectivity index (χ2n) is 3.35. The Labute approximate surface area is 101 Å². The Balaban J connectivity index is 1.86. The van der Waals surface area contributed by atoms with E-state index in [-0.39, 0.29) is 0 Å². The summed E-state index contributed by atoms with van der Waals surface area (Å²) in [5.41, 5.74) is 1.28. The lowest BCUT2D eigenvalue weighted by Crippen LogP contribution is -2.00. The highest BCUT2D eigenvalue weighted by Gasteiger charge is 2.03. The van der Waals surface area contributed by atoms with Crippen LogP contribution in [0.3, 0.4) is 0 Å². The summed E-state index contributed by atoms with van der Waals surface area (Å²) in [5, 5.41) is 10.7. The number of hydrogen-bond acceptors (Lipinski definition) is 5. The van der Waals surface area contributed by atoms with Crippen molar-refractivity contribution in [3.8, 4) is 0 Å². The van der Waals surface area contributed by atoms with Gasteiger partial charge in [0.2, 0.25) is 0 Å². The fourth-order valence-corrected chi connectivity index (χ4v) is 2.91. The molecule has 0 aliphatic carbocycles. The maximum absolute atomic E-state index is 4.27. The molecule has 0 unspecified atom stereocenters. The lowest BCUT2D eigenvalue weighted by atomic mass is 10.3. The first-order valence-electron chi connectivity index (χ1n) is 4.86. The van der Waals surface area contributed by atoms with Crippen LogP contribution in [0.25, 0.3) is 10.2 Å². The molecule has 0 amide bonds. The third-order valence-electron chi connectivity index (χ3n) is 2.30. The molecule has 0 saturated heterocycles. The first-order valence-corrected chi connectivity index (χ1v) is 6.69. The second-order valence-corrected chi connectivity index (χ2v) is 5.02. The van der Waals surface area contributed by atoms with Crippen LogP contribution in [-0.2, 0) is 6.54 Å². The Morgan fingerprint density at radius 2 is 2.19 bits per heavy atom. The summed E-state index contributed by atoms with van der Waals surface area (Å²) in [4.78, 5) is 9.51. The van der Waals surface area contributed by atoms with E-state index in [1.165, 1.54) is 5.56 Å². The van der Waals surface area contributed by atoms with E-state index in [0.717, 1.165) is 22.6 Å². The molecule has 0 aliphatic rings. The minimum atomic E-state index is 0.811. The lowest BCUT2D eigenvalue weighted by Gasteiger charge is -2.04. The zero-order valence-corrected chi connectivity index (χ0v) is 10.0. The molecule has 0 aliphatic heterocycles. The fraction of sp³-hybridized carbons (Fsp3) is 0.0909. The van der Waals surface area contributed by atoms with Crippen molar-refractivity contribution < 1.29 is 0 Å². The fourth-order valence-electron chi connectivity index (χ4n) is 1.51. The zero-order valence-electron chi connectivity index (χ0n) is 8.38. The molecule has 3 heterocycles. The molecule has 0 saturated carbocycles. The van der Waals surface area contributed by atoms with Gasteiger partial charge in [-0.3, -0.25) is 0 Å². The number of thiophene rings is 2. The summed E-state index contributed by atoms with van der Waals surface area (Å²) in [7, 11) is 0. The van der Waals surface area contributed by atoms with Crippen molar-refractivity contribution in [2.45, 2.75) is 6.54 Å². The molecule has 5 heteroatoms. The van der Waals surface area contributed by atoms with Gasteiger partial charge in [-0.2, -0.15) is 11.3 Å². The van der Waals surface area contributed by atoms with Crippen molar-refractivity contribution in [2.75, 3.05) is 5.32 Å². The summed E-state index contributed by atoms with van der Waals surface area (Å²) in [6.45, 7) is 0.811. The Kier molecular flexibility index (Phi) is 2.55. The van der Waals surface area contributed by atoms with Crippen LogP contribution < -0.4 is 5.32 Å². The number of nitrogens with one attached hydrogen (secondary N) is 1. The van der Waals surface area contributed by atoms with Crippen LogP contribution in [0.15, 0.2) is 34.6 Å². The van der Waals surface area contributed by atoms with E-state index in [9.17, 15) is 0 Å². The summed E-state index contributed by atoms with van der Waals surface area (Å²) in [6.07, 6.45) is 1.61. The van der Waals surface area contributed by atoms with Gasteiger partial charge in [-0.1, -0.05) is 0 Å². The van der Waals surface area contributed by atoms with Gasteiger partial charge < -0.3 is 5.32 Å². The Morgan fingerprint density at radius 3 is 3.06 bits per heavy atom. The van der Waals surface area contributed by atoms with Gasteiger partial charge in [-0.25, -0.2) is 9.97 Å². The Bertz CT molecular complexity index is 586. The molecule has 0 fully saturated rings. The van der Waals surface area contributed by atoms with Crippen molar-refractivity contribution in [1.29, 1.82) is 0 Å². The van der Waals surface area contributed by atoms with Crippen LogP contribution in [0.1, 0.15) is 5.56 Å². The third-order valence-corrected chi connectivity index (χ3v) is 3.85. The van der Waals surface area contributed by atoms with Gasteiger partial charge in [0.25, 0.3) is 0 Å². The standard InChI is InChI=1S/C11H9N3S2/c1-3-15-6-8(1)5-12-10-9-2-4-16-11(9)14-7-13-10/h1-4,6-7H,5H2,(H,12,13,14). The average Bonchev–Trinajstić information content (AvgIpc) is 2.97. The van der Waals surface area contributed by atoms with E-state index in [0.29, 0.717) is 0 Å². The van der Waals surface area contributed by atoms with Crippen LogP contribution in [-0.4, -0.2) is 9.97 Å². The predicted molar refractivity (Wildman–Crippen MR) is 69.1 cm³/mol. The SMILES string of the molecule is c1nc(NCc2ccsc2)c2ccsc2n1. The van der Waals surface area contributed by atoms with Crippen LogP contribution in [0.4, 0.5) is 5.82 Å². The summed E-state index contributed by atoms with van der Waals surface area (Å²) in [5.74, 6) is 0.914. The average molecular weight is 247 g/mol. The molecule has 0 spiro atoms. The predicted octanol–water partition coefficient (Wildman–Crippen LogP) is 3.36. The van der Waals surface area contributed by atoms with Crippen molar-refractivity contribution in [3.63, 3.8) is 0 Å². The minimum absolute atomic E-state index is 0.811. The van der Waals surface area contributed by atoms with E-state index in [1.807, 2.05) is 5.38 Å². The van der Waals surface area contributed by atoms with E-state index in [4.69, 9.17) is 0 Å². The van der Waals surface area contributed by atoms with Crippen molar-refractivity contribution in [1.82, 2.24) is 9.97 Å². The molecule has 3 nitrogen and oxygen atoms in total. The van der Waals surface area contributed by atoms with E-state index in [1.54, 1.807) is 29.0 Å². The molecule has 3 aromatic heterocycles. The van der Waals surface area contributed by atoms with Gasteiger partial charge in [0.15, 0.2) is 0 Å². The van der Waals surface area contributed by atoms with Crippen LogP contribution in [0.2, 0.25) is 0 Å². The third kappa shape index (κ3) is 1.79. The van der Waals surface area contributed by atoms with E-state index < -0.39 is 0 Å². The van der Waals surface area contributed by atoms with Gasteiger partial charge >= 0.3 is 0 Å². The van der Waals surface area contributed by atoms with Crippen molar-refractivity contribution in [2.24, 2.45) is 0 Å². The minimum Gasteiger partial charge on any atom is -0.365 e. The quantitative estimate of drug-likeness (QED) is 0.771. The van der Waals surface area contributed by atoms with Crippen molar-refractivity contribution in [3.05, 3.63) is 40.2 Å². The van der Waals surface area contributed by atoms with E-state index >= 15 is 0 Å². The first kappa shape index (κ1) is 9.74. The molecular weight excluding hydrogens is 238 g/mol. The molecular formula is C11H9N3S2. The molecule has 0 bridgehead atoms. The number of anilines is 1. The second kappa shape index (κ2) is 4.19. The number of fused-ring (bicyclic) bond motifs is 1. The number of nitrogens with zero attached hydrogens (tertiary/aromatic N) is 2. The highest BCUT2D eigenvalue weighted by molar-refractivity contribution is 7.16. The molecule has 0 atom stereocenters. The number of aromatic nitrogens is 2. The van der Waals surface area contributed by atoms with Crippen molar-refractivity contribution >= 4 is 38.7 Å². The van der Waals surface area contributed by atoms with E-state index in [2.05, 4.69) is 38.2 Å². The number of rotatable bonds is 3. The molecule has 1 N–H and O–H groups in total. The maximum atomic E-state index is 4.27. The zero-order chi connectivity index (χ0) is 10.8. The molecule has 0 aromatic carbocycles. The monoisotopic (exact) mass is 247 g/mol. The van der Waals surface area contributed by atoms with Gasteiger partial charge in [-0.15, -0.1) is 11.3 Å². The van der Waals surface area contributed by atoms with Crippen LogP contribution in [0, 0.1) is 0 Å². The molecule has 3 aromatic rings. The maximum Gasteiger partial charge on any atom is 0.138 e. The number of hydrogen-bond donors (Lipinski definition) is 1. The molecule has 0 radical (unpaired) electrons. The summed E-state index contributed by atoms with van der Waals surface area (Å²) in [6, 6.07) is 4.17. The van der Waals surface area contributed by atoms with Crippen LogP contribution in [0.5, 0.6) is 0 Å². The highest BCUT2D eigenvalue weighted by atomic mass is 32.1. The molecule has 16 heavy (non-hydrogen) atoms. The Morgan fingerprint density at radius 1 is 1.19 bits per heavy atom. The lowest BCUT2D eigenvalue weighted by molar-refractivity contribution is 1.11. The van der Waals surface area contributed by atoms with Gasteiger partial charge in [0.05, 0.1) is 5.39 Å². The topological polar surface area (TPSA) is 37.8 Å². The largest absolute Gasteiger partial charge is 0.365 e. The van der Waals surface area contributed by atoms with Crippen LogP contribution >= 0.6 is 22.7 Å². The molecule has 3 rings (SSSR count). The smallest absolute Gasteiger partial charge is 0.138 e. The Hall–Kier alpha value is -1.46. The summed E-state index contributed by atoms with van der Waals surface area (Å²) < 4.78 is 0. The van der Waals surface area contributed by atoms with Gasteiger partial charge in [0, 0.05) is 6.54 Å².